The van der Waals surface area contributed by atoms with Gasteiger partial charge in [-0.15, -0.1) is 0 Å². The van der Waals surface area contributed by atoms with Gasteiger partial charge in [0.25, 0.3) is 0 Å². The van der Waals surface area contributed by atoms with Gasteiger partial charge in [-0.1, -0.05) is 11.6 Å². The number of aromatic hydroxyl groups is 1. The van der Waals surface area contributed by atoms with Crippen molar-refractivity contribution in [2.24, 2.45) is 0 Å². The van der Waals surface area contributed by atoms with E-state index in [1.54, 1.807) is 0 Å². The molecule has 0 fully saturated rings. The Labute approximate surface area is 70.6 Å². The van der Waals surface area contributed by atoms with E-state index in [0.29, 0.717) is 6.07 Å². The van der Waals surface area contributed by atoms with E-state index in [9.17, 15) is 13.2 Å². The molecule has 0 unspecified atom stereocenters. The molecule has 12 heavy (non-hydrogen) atoms. The predicted octanol–water partition coefficient (Wildman–Crippen LogP) is 2.46. The highest BCUT2D eigenvalue weighted by Crippen LogP contribution is 2.34. The normalized spacial score (nSPS) is 11.7. The lowest BCUT2D eigenvalue weighted by Gasteiger charge is -2.07. The van der Waals surface area contributed by atoms with E-state index in [1.165, 1.54) is 0 Å². The molecule has 0 bridgehead atoms. The van der Waals surface area contributed by atoms with Gasteiger partial charge < -0.3 is 5.11 Å². The average molecular weight is 198 g/mol. The third-order valence-electron chi connectivity index (χ3n) is 1.13. The minimum Gasteiger partial charge on any atom is -0.506 e. The Balaban J connectivity index is 3.23. The quantitative estimate of drug-likeness (QED) is 0.648. The second-order valence-corrected chi connectivity index (χ2v) is 2.39. The zero-order chi connectivity index (χ0) is 9.35. The fourth-order valence-corrected chi connectivity index (χ4v) is 0.846. The smallest absolute Gasteiger partial charge is 0.419 e. The van der Waals surface area contributed by atoms with E-state index in [1.807, 2.05) is 0 Å². The minimum atomic E-state index is -4.58. The van der Waals surface area contributed by atoms with E-state index in [4.69, 9.17) is 16.7 Å². The maximum absolute atomic E-state index is 12.0. The number of hydrogen-bond donors (Lipinski definition) is 1. The van der Waals surface area contributed by atoms with Gasteiger partial charge in [0.05, 0.1) is 11.8 Å². The molecule has 1 rings (SSSR count). The molecule has 6 heteroatoms. The molecule has 0 spiro atoms. The molecule has 66 valence electrons. The van der Waals surface area contributed by atoms with Crippen molar-refractivity contribution in [3.8, 4) is 5.75 Å². The van der Waals surface area contributed by atoms with Crippen LogP contribution in [0, 0.1) is 0 Å². The van der Waals surface area contributed by atoms with Gasteiger partial charge in [-0.3, -0.25) is 0 Å². The summed E-state index contributed by atoms with van der Waals surface area (Å²) in [7, 11) is 0. The van der Waals surface area contributed by atoms with Crippen LogP contribution >= 0.6 is 11.6 Å². The molecule has 0 aliphatic rings. The van der Waals surface area contributed by atoms with Crippen molar-refractivity contribution in [1.29, 1.82) is 0 Å². The SMILES string of the molecule is Oc1cnc(Cl)c(C(F)(F)F)c1. The highest BCUT2D eigenvalue weighted by atomic mass is 35.5. The molecule has 2 nitrogen and oxygen atoms in total. The van der Waals surface area contributed by atoms with Crippen LogP contribution in [-0.2, 0) is 6.18 Å². The van der Waals surface area contributed by atoms with Crippen LogP contribution in [0.3, 0.4) is 0 Å². The summed E-state index contributed by atoms with van der Waals surface area (Å²) in [4.78, 5) is 3.14. The summed E-state index contributed by atoms with van der Waals surface area (Å²) in [5.74, 6) is -0.563. The summed E-state index contributed by atoms with van der Waals surface area (Å²) in [6.07, 6.45) is -3.74. The number of pyridine rings is 1. The molecule has 0 aliphatic heterocycles. The third-order valence-corrected chi connectivity index (χ3v) is 1.43. The number of nitrogens with zero attached hydrogens (tertiary/aromatic N) is 1. The fourth-order valence-electron chi connectivity index (χ4n) is 0.636. The van der Waals surface area contributed by atoms with Crippen LogP contribution in [-0.4, -0.2) is 10.1 Å². The Bertz CT molecular complexity index is 299. The van der Waals surface area contributed by atoms with Crippen molar-refractivity contribution < 1.29 is 18.3 Å². The summed E-state index contributed by atoms with van der Waals surface area (Å²) >= 11 is 5.14. The molecule has 1 heterocycles. The standard InChI is InChI=1S/C6H3ClF3NO/c7-5-4(6(8,9)10)1-3(12)2-11-5/h1-2,12H. The zero-order valence-corrected chi connectivity index (χ0v) is 6.32. The first-order valence-electron chi connectivity index (χ1n) is 2.83. The number of halogens is 4. The van der Waals surface area contributed by atoms with Crippen molar-refractivity contribution in [3.63, 3.8) is 0 Å². The first kappa shape index (κ1) is 9.12. The van der Waals surface area contributed by atoms with Gasteiger partial charge >= 0.3 is 6.18 Å². The molecule has 0 saturated heterocycles. The topological polar surface area (TPSA) is 33.1 Å². The molecule has 0 atom stereocenters. The summed E-state index contributed by atoms with van der Waals surface area (Å²) < 4.78 is 36.0. The molecule has 0 radical (unpaired) electrons. The van der Waals surface area contributed by atoms with Crippen LogP contribution in [0.25, 0.3) is 0 Å². The highest BCUT2D eigenvalue weighted by molar-refractivity contribution is 6.30. The van der Waals surface area contributed by atoms with Gasteiger partial charge in [0, 0.05) is 0 Å². The second kappa shape index (κ2) is 2.82. The second-order valence-electron chi connectivity index (χ2n) is 2.03. The average Bonchev–Trinajstić information content (AvgIpc) is 1.92. The van der Waals surface area contributed by atoms with E-state index in [2.05, 4.69) is 4.98 Å². The van der Waals surface area contributed by atoms with Crippen LogP contribution in [0.1, 0.15) is 5.56 Å². The van der Waals surface area contributed by atoms with Crippen molar-refractivity contribution in [2.75, 3.05) is 0 Å². The maximum atomic E-state index is 12.0. The number of alkyl halides is 3. The van der Waals surface area contributed by atoms with Gasteiger partial charge in [0.1, 0.15) is 10.9 Å². The van der Waals surface area contributed by atoms with Crippen molar-refractivity contribution in [2.45, 2.75) is 6.18 Å². The molecule has 1 N–H and O–H groups in total. The lowest BCUT2D eigenvalue weighted by molar-refractivity contribution is -0.137. The van der Waals surface area contributed by atoms with Gasteiger partial charge in [-0.2, -0.15) is 13.2 Å². The van der Waals surface area contributed by atoms with Crippen molar-refractivity contribution >= 4 is 11.6 Å². The zero-order valence-electron chi connectivity index (χ0n) is 5.56. The lowest BCUT2D eigenvalue weighted by atomic mass is 10.3. The van der Waals surface area contributed by atoms with Gasteiger partial charge in [-0.25, -0.2) is 4.98 Å². The highest BCUT2D eigenvalue weighted by Gasteiger charge is 2.34. The molecule has 1 aromatic heterocycles. The van der Waals surface area contributed by atoms with Crippen LogP contribution in [0.5, 0.6) is 5.75 Å². The van der Waals surface area contributed by atoms with Gasteiger partial charge in [0.2, 0.25) is 0 Å². The predicted molar refractivity (Wildman–Crippen MR) is 35.9 cm³/mol. The minimum absolute atomic E-state index is 0.523. The summed E-state index contributed by atoms with van der Waals surface area (Å²) in [6, 6.07) is 0.523. The Kier molecular flexibility index (Phi) is 2.14. The molecular weight excluding hydrogens is 195 g/mol. The number of rotatable bonds is 0. The molecular formula is C6H3ClF3NO. The maximum Gasteiger partial charge on any atom is 0.419 e. The van der Waals surface area contributed by atoms with Crippen LogP contribution in [0.15, 0.2) is 12.3 Å². The Morgan fingerprint density at radius 1 is 1.42 bits per heavy atom. The molecule has 0 saturated carbocycles. The van der Waals surface area contributed by atoms with E-state index in [-0.39, 0.29) is 0 Å². The Morgan fingerprint density at radius 2 is 2.00 bits per heavy atom. The van der Waals surface area contributed by atoms with Crippen LogP contribution < -0.4 is 0 Å². The van der Waals surface area contributed by atoms with Gasteiger partial charge in [0.15, 0.2) is 0 Å². The molecule has 0 aromatic carbocycles. The number of hydrogen-bond acceptors (Lipinski definition) is 2. The summed E-state index contributed by atoms with van der Waals surface area (Å²) in [6.45, 7) is 0. The number of aromatic nitrogens is 1. The molecule has 0 amide bonds. The third kappa shape index (κ3) is 1.79. The van der Waals surface area contributed by atoms with Crippen molar-refractivity contribution in [3.05, 3.63) is 23.0 Å². The fraction of sp³-hybridized carbons (Fsp3) is 0.167. The van der Waals surface area contributed by atoms with Crippen LogP contribution in [0.4, 0.5) is 13.2 Å². The Morgan fingerprint density at radius 3 is 2.42 bits per heavy atom. The van der Waals surface area contributed by atoms with E-state index in [0.717, 1.165) is 6.20 Å². The molecule has 0 aliphatic carbocycles. The first-order valence-corrected chi connectivity index (χ1v) is 3.21. The van der Waals surface area contributed by atoms with Gasteiger partial charge in [-0.05, 0) is 6.07 Å². The lowest BCUT2D eigenvalue weighted by Crippen LogP contribution is -2.06. The van der Waals surface area contributed by atoms with E-state index >= 15 is 0 Å². The summed E-state index contributed by atoms with van der Waals surface area (Å²) in [5.41, 5.74) is -1.14. The van der Waals surface area contributed by atoms with Crippen molar-refractivity contribution in [1.82, 2.24) is 4.98 Å². The molecule has 1 aromatic rings. The first-order chi connectivity index (χ1) is 5.41. The van der Waals surface area contributed by atoms with Crippen LogP contribution in [0.2, 0.25) is 5.15 Å². The van der Waals surface area contributed by atoms with E-state index < -0.39 is 22.6 Å². The monoisotopic (exact) mass is 197 g/mol. The Hall–Kier alpha value is -0.970. The summed E-state index contributed by atoms with van der Waals surface area (Å²) in [5, 5.41) is 8.01. The largest absolute Gasteiger partial charge is 0.506 e.